The molecule has 3 N–H and O–H groups in total. The number of nitrogens with two attached hydrogens (primary N) is 1. The highest BCUT2D eigenvalue weighted by Gasteiger charge is 2.19. The summed E-state index contributed by atoms with van der Waals surface area (Å²) in [5, 5.41) is 1.87. The van der Waals surface area contributed by atoms with Gasteiger partial charge in [0.15, 0.2) is 0 Å². The molecule has 54 valence electrons. The van der Waals surface area contributed by atoms with Crippen molar-refractivity contribution in [1.29, 1.82) is 0 Å². The number of hydrazine groups is 1. The quantitative estimate of drug-likeness (QED) is 0.474. The van der Waals surface area contributed by atoms with Gasteiger partial charge in [-0.15, -0.1) is 0 Å². The van der Waals surface area contributed by atoms with Gasteiger partial charge in [0.1, 0.15) is 12.9 Å². The van der Waals surface area contributed by atoms with Crippen LogP contribution in [0.4, 0.5) is 0 Å². The molecule has 0 spiro atoms. The molecule has 10 heavy (non-hydrogen) atoms. The Hall–Kier alpha value is -1.00. The molecule has 1 unspecified atom stereocenters. The molecule has 0 fully saturated rings. The van der Waals surface area contributed by atoms with Crippen molar-refractivity contribution in [3.8, 4) is 0 Å². The van der Waals surface area contributed by atoms with Crippen LogP contribution in [0.5, 0.6) is 0 Å². The summed E-state index contributed by atoms with van der Waals surface area (Å²) in [6, 6.07) is 0. The Kier molecular flexibility index (Phi) is 1.15. The third kappa shape index (κ3) is 0.778. The van der Waals surface area contributed by atoms with Crippen molar-refractivity contribution < 1.29 is 4.74 Å². The van der Waals surface area contributed by atoms with Gasteiger partial charge in [0, 0.05) is 0 Å². The minimum Gasteiger partial charge on any atom is -0.493 e. The SMILES string of the molecule is NC1C=C2COC=CN2N1. The lowest BCUT2D eigenvalue weighted by Gasteiger charge is -2.21. The summed E-state index contributed by atoms with van der Waals surface area (Å²) in [6.45, 7) is 0.608. The number of hydrogen-bond acceptors (Lipinski definition) is 4. The average molecular weight is 139 g/mol. The topological polar surface area (TPSA) is 50.5 Å². The monoisotopic (exact) mass is 139 g/mol. The molecule has 0 aromatic heterocycles. The van der Waals surface area contributed by atoms with Crippen LogP contribution in [-0.4, -0.2) is 17.8 Å². The van der Waals surface area contributed by atoms with E-state index in [2.05, 4.69) is 5.43 Å². The summed E-state index contributed by atoms with van der Waals surface area (Å²) >= 11 is 0. The molecule has 4 heteroatoms. The number of hydrogen-bond donors (Lipinski definition) is 2. The molecule has 0 saturated carbocycles. The predicted molar refractivity (Wildman–Crippen MR) is 36.1 cm³/mol. The van der Waals surface area contributed by atoms with Crippen molar-refractivity contribution in [3.05, 3.63) is 24.2 Å². The summed E-state index contributed by atoms with van der Waals surface area (Å²) < 4.78 is 5.05. The van der Waals surface area contributed by atoms with Crippen LogP contribution in [0.15, 0.2) is 24.2 Å². The molecule has 0 bridgehead atoms. The van der Waals surface area contributed by atoms with Crippen LogP contribution in [0.1, 0.15) is 0 Å². The van der Waals surface area contributed by atoms with Gasteiger partial charge in [-0.25, -0.2) is 5.43 Å². The standard InChI is InChI=1S/C6H9N3O/c7-6-3-5-4-10-2-1-9(5)8-6/h1-3,6,8H,4,7H2. The second-order valence-electron chi connectivity index (χ2n) is 2.28. The molecular formula is C6H9N3O. The number of nitrogens with one attached hydrogen (secondary N) is 1. The molecule has 4 nitrogen and oxygen atoms in total. The Labute approximate surface area is 58.9 Å². The third-order valence-corrected chi connectivity index (χ3v) is 1.51. The third-order valence-electron chi connectivity index (χ3n) is 1.51. The summed E-state index contributed by atoms with van der Waals surface area (Å²) in [7, 11) is 0. The fourth-order valence-electron chi connectivity index (χ4n) is 1.06. The van der Waals surface area contributed by atoms with Crippen molar-refractivity contribution in [2.75, 3.05) is 6.61 Å². The number of fused-ring (bicyclic) bond motifs is 1. The van der Waals surface area contributed by atoms with Crippen LogP contribution in [0.2, 0.25) is 0 Å². The Morgan fingerprint density at radius 1 is 1.80 bits per heavy atom. The van der Waals surface area contributed by atoms with Crippen LogP contribution in [-0.2, 0) is 4.74 Å². The van der Waals surface area contributed by atoms with E-state index in [1.54, 1.807) is 6.26 Å². The highest BCUT2D eigenvalue weighted by Crippen LogP contribution is 2.13. The largest absolute Gasteiger partial charge is 0.493 e. The van der Waals surface area contributed by atoms with E-state index in [0.29, 0.717) is 6.61 Å². The first-order valence-corrected chi connectivity index (χ1v) is 3.16. The maximum absolute atomic E-state index is 5.58. The zero-order valence-corrected chi connectivity index (χ0v) is 5.45. The van der Waals surface area contributed by atoms with Gasteiger partial charge in [0.25, 0.3) is 0 Å². The van der Waals surface area contributed by atoms with Crippen LogP contribution < -0.4 is 11.2 Å². The lowest BCUT2D eigenvalue weighted by Crippen LogP contribution is -2.39. The zero-order valence-electron chi connectivity index (χ0n) is 5.45. The van der Waals surface area contributed by atoms with Crippen molar-refractivity contribution in [3.63, 3.8) is 0 Å². The highest BCUT2D eigenvalue weighted by molar-refractivity contribution is 5.15. The van der Waals surface area contributed by atoms with Crippen LogP contribution in [0, 0.1) is 0 Å². The van der Waals surface area contributed by atoms with E-state index >= 15 is 0 Å². The van der Waals surface area contributed by atoms with Crippen molar-refractivity contribution in [2.45, 2.75) is 6.17 Å². The maximum atomic E-state index is 5.58. The van der Waals surface area contributed by atoms with E-state index in [9.17, 15) is 0 Å². The first-order chi connectivity index (χ1) is 4.86. The maximum Gasteiger partial charge on any atom is 0.129 e. The number of nitrogens with zero attached hydrogens (tertiary/aromatic N) is 1. The summed E-state index contributed by atoms with van der Waals surface area (Å²) in [5.74, 6) is 0. The predicted octanol–water partition coefficient (Wildman–Crippen LogP) is -0.523. The lowest BCUT2D eigenvalue weighted by atomic mass is 10.4. The zero-order chi connectivity index (χ0) is 6.97. The van der Waals surface area contributed by atoms with E-state index in [0.717, 1.165) is 5.70 Å². The molecule has 0 aromatic carbocycles. The average Bonchev–Trinajstić information content (AvgIpc) is 2.27. The first kappa shape index (κ1) is 5.76. The fraction of sp³-hybridized carbons (Fsp3) is 0.333. The minimum atomic E-state index is -0.0682. The van der Waals surface area contributed by atoms with Crippen LogP contribution in [0.3, 0.4) is 0 Å². The van der Waals surface area contributed by atoms with Gasteiger partial charge in [-0.3, -0.25) is 5.01 Å². The van der Waals surface area contributed by atoms with Gasteiger partial charge < -0.3 is 10.5 Å². The molecule has 0 aliphatic carbocycles. The van der Waals surface area contributed by atoms with Gasteiger partial charge in [-0.2, -0.15) is 0 Å². The van der Waals surface area contributed by atoms with Gasteiger partial charge in [-0.1, -0.05) is 0 Å². The molecule has 1 atom stereocenters. The van der Waals surface area contributed by atoms with Crippen molar-refractivity contribution >= 4 is 0 Å². The van der Waals surface area contributed by atoms with E-state index in [1.807, 2.05) is 17.3 Å². The Balaban J connectivity index is 2.21. The Morgan fingerprint density at radius 3 is 3.50 bits per heavy atom. The molecule has 2 aliphatic rings. The van der Waals surface area contributed by atoms with Gasteiger partial charge in [0.05, 0.1) is 18.1 Å². The van der Waals surface area contributed by atoms with Gasteiger partial charge >= 0.3 is 0 Å². The minimum absolute atomic E-state index is 0.0682. The summed E-state index contributed by atoms with van der Waals surface area (Å²) in [5.41, 5.74) is 9.66. The molecule has 2 aliphatic heterocycles. The normalized spacial score (nSPS) is 29.5. The molecule has 2 heterocycles. The second kappa shape index (κ2) is 2.00. The van der Waals surface area contributed by atoms with E-state index in [4.69, 9.17) is 10.5 Å². The molecule has 0 saturated heterocycles. The number of ether oxygens (including phenoxy) is 1. The Bertz CT molecular complexity index is 199. The van der Waals surface area contributed by atoms with E-state index in [-0.39, 0.29) is 6.17 Å². The summed E-state index contributed by atoms with van der Waals surface area (Å²) in [6.07, 6.45) is 5.31. The molecule has 2 rings (SSSR count). The lowest BCUT2D eigenvalue weighted by molar-refractivity contribution is 0.197. The Morgan fingerprint density at radius 2 is 2.70 bits per heavy atom. The smallest absolute Gasteiger partial charge is 0.129 e. The van der Waals surface area contributed by atoms with E-state index in [1.165, 1.54) is 0 Å². The van der Waals surface area contributed by atoms with Crippen LogP contribution in [0.25, 0.3) is 0 Å². The van der Waals surface area contributed by atoms with Gasteiger partial charge in [-0.05, 0) is 6.08 Å². The van der Waals surface area contributed by atoms with Crippen molar-refractivity contribution in [2.24, 2.45) is 5.73 Å². The second-order valence-corrected chi connectivity index (χ2v) is 2.28. The summed E-state index contributed by atoms with van der Waals surface area (Å²) in [4.78, 5) is 0. The molecule has 0 amide bonds. The van der Waals surface area contributed by atoms with Crippen LogP contribution >= 0.6 is 0 Å². The number of rotatable bonds is 0. The fourth-order valence-corrected chi connectivity index (χ4v) is 1.06. The van der Waals surface area contributed by atoms with Crippen molar-refractivity contribution in [1.82, 2.24) is 10.4 Å². The van der Waals surface area contributed by atoms with E-state index < -0.39 is 0 Å². The highest BCUT2D eigenvalue weighted by atomic mass is 16.5. The molecular weight excluding hydrogens is 130 g/mol. The van der Waals surface area contributed by atoms with Gasteiger partial charge in [0.2, 0.25) is 0 Å². The first-order valence-electron chi connectivity index (χ1n) is 3.16. The molecule has 0 aromatic rings. The molecule has 0 radical (unpaired) electrons.